The second kappa shape index (κ2) is 5.39. The molecule has 3 aromatic rings. The third-order valence-corrected chi connectivity index (χ3v) is 4.76. The van der Waals surface area contributed by atoms with Crippen LogP contribution in [-0.2, 0) is 20.2 Å². The van der Waals surface area contributed by atoms with Crippen molar-refractivity contribution in [1.29, 1.82) is 0 Å². The van der Waals surface area contributed by atoms with E-state index in [9.17, 15) is 0 Å². The molecule has 1 saturated carbocycles. The SMILES string of the molecule is Cn1ccnc1COc1ccc2c(nnn2CC2CC2)c1Br. The van der Waals surface area contributed by atoms with E-state index in [1.165, 1.54) is 12.8 Å². The van der Waals surface area contributed by atoms with Gasteiger partial charge in [0.1, 0.15) is 23.7 Å². The van der Waals surface area contributed by atoms with E-state index in [2.05, 4.69) is 31.2 Å². The lowest BCUT2D eigenvalue weighted by Crippen LogP contribution is -2.04. The number of ether oxygens (including phenoxy) is 1. The van der Waals surface area contributed by atoms with Gasteiger partial charge in [-0.2, -0.15) is 0 Å². The Bertz CT molecular complexity index is 821. The van der Waals surface area contributed by atoms with Crippen molar-refractivity contribution >= 4 is 27.0 Å². The van der Waals surface area contributed by atoms with Gasteiger partial charge in [0.2, 0.25) is 0 Å². The number of fused-ring (bicyclic) bond motifs is 1. The summed E-state index contributed by atoms with van der Waals surface area (Å²) in [4.78, 5) is 4.26. The summed E-state index contributed by atoms with van der Waals surface area (Å²) < 4.78 is 10.6. The van der Waals surface area contributed by atoms with E-state index in [0.29, 0.717) is 6.61 Å². The first-order valence-corrected chi connectivity index (χ1v) is 8.12. The van der Waals surface area contributed by atoms with Gasteiger partial charge in [-0.3, -0.25) is 0 Å². The molecule has 22 heavy (non-hydrogen) atoms. The smallest absolute Gasteiger partial charge is 0.146 e. The van der Waals surface area contributed by atoms with E-state index in [1.807, 2.05) is 34.6 Å². The Morgan fingerprint density at radius 2 is 2.23 bits per heavy atom. The zero-order valence-corrected chi connectivity index (χ0v) is 13.8. The van der Waals surface area contributed by atoms with Gasteiger partial charge >= 0.3 is 0 Å². The molecule has 6 nitrogen and oxygen atoms in total. The number of rotatable bonds is 5. The topological polar surface area (TPSA) is 57.8 Å². The Labute approximate surface area is 136 Å². The van der Waals surface area contributed by atoms with Crippen molar-refractivity contribution in [3.63, 3.8) is 0 Å². The minimum absolute atomic E-state index is 0.420. The molecule has 4 rings (SSSR count). The number of halogens is 1. The van der Waals surface area contributed by atoms with Crippen LogP contribution >= 0.6 is 15.9 Å². The molecule has 1 aliphatic carbocycles. The van der Waals surface area contributed by atoms with Gasteiger partial charge in [0.05, 0.1) is 9.99 Å². The predicted octanol–water partition coefficient (Wildman–Crippen LogP) is 2.92. The molecule has 0 atom stereocenters. The largest absolute Gasteiger partial charge is 0.484 e. The molecule has 0 aliphatic heterocycles. The van der Waals surface area contributed by atoms with Crippen molar-refractivity contribution < 1.29 is 4.74 Å². The second-order valence-corrected chi connectivity index (χ2v) is 6.50. The molecule has 1 fully saturated rings. The molecule has 0 radical (unpaired) electrons. The standard InChI is InChI=1S/C15H16BrN5O/c1-20-7-6-17-13(20)9-22-12-5-4-11-15(14(12)16)18-19-21(11)8-10-2-3-10/h4-7,10H,2-3,8-9H2,1H3. The maximum atomic E-state index is 5.87. The van der Waals surface area contributed by atoms with Crippen molar-refractivity contribution in [2.45, 2.75) is 26.0 Å². The normalized spacial score (nSPS) is 14.6. The van der Waals surface area contributed by atoms with Gasteiger partial charge in [-0.15, -0.1) is 5.10 Å². The van der Waals surface area contributed by atoms with Crippen molar-refractivity contribution in [3.05, 3.63) is 34.8 Å². The number of aromatic nitrogens is 5. The quantitative estimate of drug-likeness (QED) is 0.700. The van der Waals surface area contributed by atoms with E-state index in [0.717, 1.165) is 39.5 Å². The summed E-state index contributed by atoms with van der Waals surface area (Å²) in [6.07, 6.45) is 6.27. The summed E-state index contributed by atoms with van der Waals surface area (Å²) in [7, 11) is 1.95. The number of benzene rings is 1. The molecular weight excluding hydrogens is 346 g/mol. The molecule has 1 aliphatic rings. The van der Waals surface area contributed by atoms with Crippen LogP contribution in [0.1, 0.15) is 18.7 Å². The van der Waals surface area contributed by atoms with Crippen molar-refractivity contribution in [2.75, 3.05) is 0 Å². The van der Waals surface area contributed by atoms with Crippen LogP contribution in [0, 0.1) is 5.92 Å². The van der Waals surface area contributed by atoms with Crippen LogP contribution in [0.3, 0.4) is 0 Å². The van der Waals surface area contributed by atoms with Gasteiger partial charge in [-0.25, -0.2) is 9.67 Å². The summed E-state index contributed by atoms with van der Waals surface area (Å²) in [5.41, 5.74) is 1.89. The van der Waals surface area contributed by atoms with Gasteiger partial charge in [-0.05, 0) is 46.8 Å². The summed E-state index contributed by atoms with van der Waals surface area (Å²) in [5, 5.41) is 8.55. The fraction of sp³-hybridized carbons (Fsp3) is 0.400. The molecule has 0 N–H and O–H groups in total. The molecule has 114 valence electrons. The van der Waals surface area contributed by atoms with Crippen LogP contribution in [-0.4, -0.2) is 24.5 Å². The summed E-state index contributed by atoms with van der Waals surface area (Å²) in [5.74, 6) is 2.40. The van der Waals surface area contributed by atoms with Gasteiger partial charge in [-0.1, -0.05) is 5.21 Å². The van der Waals surface area contributed by atoms with Crippen molar-refractivity contribution in [3.8, 4) is 5.75 Å². The summed E-state index contributed by atoms with van der Waals surface area (Å²) >= 11 is 3.59. The molecule has 0 amide bonds. The van der Waals surface area contributed by atoms with Crippen LogP contribution in [0.4, 0.5) is 0 Å². The third-order valence-electron chi connectivity index (χ3n) is 4.00. The van der Waals surface area contributed by atoms with E-state index >= 15 is 0 Å². The summed E-state index contributed by atoms with van der Waals surface area (Å²) in [6.45, 7) is 1.38. The zero-order chi connectivity index (χ0) is 15.1. The van der Waals surface area contributed by atoms with E-state index in [-0.39, 0.29) is 0 Å². The number of hydrogen-bond acceptors (Lipinski definition) is 4. The molecule has 0 spiro atoms. The molecule has 2 aromatic heterocycles. The lowest BCUT2D eigenvalue weighted by atomic mass is 10.3. The van der Waals surface area contributed by atoms with E-state index in [1.54, 1.807) is 6.20 Å². The van der Waals surface area contributed by atoms with Crippen LogP contribution < -0.4 is 4.74 Å². The maximum absolute atomic E-state index is 5.87. The average molecular weight is 362 g/mol. The minimum atomic E-state index is 0.420. The third kappa shape index (κ3) is 2.49. The highest BCUT2D eigenvalue weighted by Gasteiger charge is 2.23. The monoisotopic (exact) mass is 361 g/mol. The Balaban J connectivity index is 1.59. The first kappa shape index (κ1) is 13.8. The number of hydrogen-bond donors (Lipinski definition) is 0. The molecule has 2 heterocycles. The van der Waals surface area contributed by atoms with E-state index < -0.39 is 0 Å². The Kier molecular flexibility index (Phi) is 3.37. The highest BCUT2D eigenvalue weighted by atomic mass is 79.9. The maximum Gasteiger partial charge on any atom is 0.146 e. The number of nitrogens with zero attached hydrogens (tertiary/aromatic N) is 5. The highest BCUT2D eigenvalue weighted by Crippen LogP contribution is 2.35. The average Bonchev–Trinajstić information content (AvgIpc) is 3.09. The summed E-state index contributed by atoms with van der Waals surface area (Å²) in [6, 6.07) is 3.98. The van der Waals surface area contributed by atoms with Gasteiger partial charge < -0.3 is 9.30 Å². The lowest BCUT2D eigenvalue weighted by Gasteiger charge is -2.08. The molecule has 0 unspecified atom stereocenters. The van der Waals surface area contributed by atoms with Crippen LogP contribution in [0.2, 0.25) is 0 Å². The van der Waals surface area contributed by atoms with Crippen LogP contribution in [0.5, 0.6) is 5.75 Å². The van der Waals surface area contributed by atoms with Crippen LogP contribution in [0.15, 0.2) is 29.0 Å². The number of imidazole rings is 1. The molecule has 7 heteroatoms. The Hall–Kier alpha value is -1.89. The van der Waals surface area contributed by atoms with Crippen LogP contribution in [0.25, 0.3) is 11.0 Å². The van der Waals surface area contributed by atoms with Gasteiger partial charge in [0.25, 0.3) is 0 Å². The fourth-order valence-corrected chi connectivity index (χ4v) is 2.98. The predicted molar refractivity (Wildman–Crippen MR) is 85.5 cm³/mol. The first-order valence-electron chi connectivity index (χ1n) is 7.33. The van der Waals surface area contributed by atoms with E-state index in [4.69, 9.17) is 4.74 Å². The molecule has 1 aromatic carbocycles. The second-order valence-electron chi connectivity index (χ2n) is 5.70. The lowest BCUT2D eigenvalue weighted by molar-refractivity contribution is 0.290. The Morgan fingerprint density at radius 3 is 2.95 bits per heavy atom. The van der Waals surface area contributed by atoms with Gasteiger partial charge in [0.15, 0.2) is 0 Å². The molecule has 0 saturated heterocycles. The van der Waals surface area contributed by atoms with Gasteiger partial charge in [0, 0.05) is 26.0 Å². The zero-order valence-electron chi connectivity index (χ0n) is 12.2. The Morgan fingerprint density at radius 1 is 1.36 bits per heavy atom. The molecule has 0 bridgehead atoms. The van der Waals surface area contributed by atoms with Crippen molar-refractivity contribution in [1.82, 2.24) is 24.5 Å². The first-order chi connectivity index (χ1) is 10.7. The minimum Gasteiger partial charge on any atom is -0.484 e. The highest BCUT2D eigenvalue weighted by molar-refractivity contribution is 9.10. The fourth-order valence-electron chi connectivity index (χ4n) is 2.46. The number of aryl methyl sites for hydroxylation is 1. The molecular formula is C15H16BrN5O. The van der Waals surface area contributed by atoms with Crippen molar-refractivity contribution in [2.24, 2.45) is 13.0 Å².